The number of rotatable bonds is 6. The van der Waals surface area contributed by atoms with Crippen molar-refractivity contribution >= 4 is 27.5 Å². The van der Waals surface area contributed by atoms with E-state index in [1.54, 1.807) is 18.2 Å². The normalized spacial score (nSPS) is 12.0. The van der Waals surface area contributed by atoms with Crippen LogP contribution < -0.4 is 4.74 Å². The number of hydrogen-bond donors (Lipinski definition) is 2. The quantitative estimate of drug-likeness (QED) is 0.277. The van der Waals surface area contributed by atoms with Gasteiger partial charge in [-0.15, -0.1) is 0 Å². The third-order valence-corrected chi connectivity index (χ3v) is 6.27. The summed E-state index contributed by atoms with van der Waals surface area (Å²) < 4.78 is 6.36. The topological polar surface area (TPSA) is 66.8 Å². The van der Waals surface area contributed by atoms with E-state index in [-0.39, 0.29) is 23.8 Å². The fourth-order valence-corrected chi connectivity index (χ4v) is 4.48. The summed E-state index contributed by atoms with van der Waals surface area (Å²) in [6, 6.07) is 30.7. The Balaban J connectivity index is 1.60. The third kappa shape index (κ3) is 3.95. The first-order valence-corrected chi connectivity index (χ1v) is 11.2. The van der Waals surface area contributed by atoms with Gasteiger partial charge in [0, 0.05) is 16.7 Å². The second kappa shape index (κ2) is 8.91. The lowest BCUT2D eigenvalue weighted by Gasteiger charge is -2.21. The van der Waals surface area contributed by atoms with Gasteiger partial charge in [-0.1, -0.05) is 90.5 Å². The average molecular weight is 449 g/mol. The molecular weight excluding hydrogens is 424 g/mol. The number of carbonyl (C=O) groups is 1. The van der Waals surface area contributed by atoms with Crippen LogP contribution in [0.2, 0.25) is 0 Å². The molecule has 0 radical (unpaired) electrons. The highest BCUT2D eigenvalue weighted by Crippen LogP contribution is 2.43. The van der Waals surface area contributed by atoms with E-state index in [1.807, 2.05) is 85.8 Å². The highest BCUT2D eigenvalue weighted by molar-refractivity contribution is 6.13. The van der Waals surface area contributed by atoms with Crippen molar-refractivity contribution in [2.24, 2.45) is 0 Å². The number of phenolic OH excluding ortho intramolecular Hbond substituents is 1. The molecule has 0 saturated carbocycles. The Morgan fingerprint density at radius 3 is 2.06 bits per heavy atom. The molecule has 0 aliphatic rings. The summed E-state index contributed by atoms with van der Waals surface area (Å²) in [5, 5.41) is 24.2. The highest BCUT2D eigenvalue weighted by Gasteiger charge is 2.20. The number of phenols is 1. The molecule has 0 saturated heterocycles. The largest absolute Gasteiger partial charge is 0.504 e. The standard InChI is InChI=1S/C30H24O4/c1-19-13-15-20(16-14-19)27(21-7-6-8-22(17-21)30(32)33)18-34-29-26-12-5-3-10-24(26)23-9-2-4-11-25(23)28(29)31/h2-17,27,31H,18H2,1H3,(H,32,33). The zero-order valence-corrected chi connectivity index (χ0v) is 18.7. The Labute approximate surface area is 197 Å². The van der Waals surface area contributed by atoms with Crippen LogP contribution in [-0.2, 0) is 0 Å². The molecule has 4 heteroatoms. The molecule has 5 aromatic carbocycles. The van der Waals surface area contributed by atoms with E-state index in [1.165, 1.54) is 0 Å². The number of aromatic carboxylic acids is 1. The van der Waals surface area contributed by atoms with Crippen LogP contribution >= 0.6 is 0 Å². The molecule has 4 nitrogen and oxygen atoms in total. The number of hydrogen-bond acceptors (Lipinski definition) is 3. The van der Waals surface area contributed by atoms with E-state index in [2.05, 4.69) is 0 Å². The average Bonchev–Trinajstić information content (AvgIpc) is 2.87. The molecule has 34 heavy (non-hydrogen) atoms. The summed E-state index contributed by atoms with van der Waals surface area (Å²) >= 11 is 0. The summed E-state index contributed by atoms with van der Waals surface area (Å²) in [5.41, 5.74) is 3.22. The molecule has 0 bridgehead atoms. The SMILES string of the molecule is Cc1ccc(C(COc2c(O)c3ccccc3c3ccccc23)c2cccc(C(=O)O)c2)cc1. The Kier molecular flexibility index (Phi) is 5.64. The maximum absolute atomic E-state index is 11.6. The summed E-state index contributed by atoms with van der Waals surface area (Å²) in [4.78, 5) is 11.6. The number of ether oxygens (including phenoxy) is 1. The second-order valence-electron chi connectivity index (χ2n) is 8.47. The lowest BCUT2D eigenvalue weighted by atomic mass is 9.90. The van der Waals surface area contributed by atoms with Gasteiger partial charge in [-0.3, -0.25) is 0 Å². The van der Waals surface area contributed by atoms with Gasteiger partial charge < -0.3 is 14.9 Å². The van der Waals surface area contributed by atoms with Crippen molar-refractivity contribution in [1.29, 1.82) is 0 Å². The molecule has 0 heterocycles. The van der Waals surface area contributed by atoms with Gasteiger partial charge in [0.05, 0.1) is 12.2 Å². The number of aromatic hydroxyl groups is 1. The highest BCUT2D eigenvalue weighted by atomic mass is 16.5. The maximum atomic E-state index is 11.6. The van der Waals surface area contributed by atoms with Crippen molar-refractivity contribution in [2.45, 2.75) is 12.8 Å². The molecule has 0 aliphatic carbocycles. The fourth-order valence-electron chi connectivity index (χ4n) is 4.48. The number of fused-ring (bicyclic) bond motifs is 3. The van der Waals surface area contributed by atoms with E-state index < -0.39 is 5.97 Å². The molecule has 0 amide bonds. The van der Waals surface area contributed by atoms with Crippen molar-refractivity contribution in [3.05, 3.63) is 119 Å². The maximum Gasteiger partial charge on any atom is 0.335 e. The van der Waals surface area contributed by atoms with Gasteiger partial charge in [-0.25, -0.2) is 4.79 Å². The summed E-state index contributed by atoms with van der Waals surface area (Å²) in [6.07, 6.45) is 0. The number of aryl methyl sites for hydroxylation is 1. The van der Waals surface area contributed by atoms with Gasteiger partial charge in [-0.05, 0) is 41.0 Å². The van der Waals surface area contributed by atoms with E-state index in [4.69, 9.17) is 4.74 Å². The molecule has 0 fully saturated rings. The van der Waals surface area contributed by atoms with Crippen molar-refractivity contribution in [3.8, 4) is 11.5 Å². The monoisotopic (exact) mass is 448 g/mol. The van der Waals surface area contributed by atoms with E-state index in [9.17, 15) is 15.0 Å². The number of benzene rings is 5. The Morgan fingerprint density at radius 2 is 1.38 bits per heavy atom. The second-order valence-corrected chi connectivity index (χ2v) is 8.47. The molecule has 5 rings (SSSR count). The van der Waals surface area contributed by atoms with Crippen molar-refractivity contribution < 1.29 is 19.7 Å². The molecule has 2 N–H and O–H groups in total. The first-order chi connectivity index (χ1) is 16.5. The Hall–Kier alpha value is -4.31. The minimum Gasteiger partial charge on any atom is -0.504 e. The van der Waals surface area contributed by atoms with Crippen LogP contribution in [0.25, 0.3) is 21.5 Å². The summed E-state index contributed by atoms with van der Waals surface area (Å²) in [5.74, 6) is -0.648. The Bertz CT molecular complexity index is 1500. The van der Waals surface area contributed by atoms with Gasteiger partial charge in [0.2, 0.25) is 0 Å². The number of carboxylic acid groups (broad SMARTS) is 1. The van der Waals surface area contributed by atoms with Crippen LogP contribution in [0.1, 0.15) is 33.0 Å². The van der Waals surface area contributed by atoms with Gasteiger partial charge in [0.15, 0.2) is 11.5 Å². The number of carboxylic acids is 1. The predicted octanol–water partition coefficient (Wildman–Crippen LogP) is 6.92. The van der Waals surface area contributed by atoms with Crippen molar-refractivity contribution in [3.63, 3.8) is 0 Å². The van der Waals surface area contributed by atoms with Crippen molar-refractivity contribution in [1.82, 2.24) is 0 Å². The van der Waals surface area contributed by atoms with E-state index in [0.29, 0.717) is 5.75 Å². The van der Waals surface area contributed by atoms with Crippen LogP contribution in [0, 0.1) is 6.92 Å². The first kappa shape index (κ1) is 21.5. The van der Waals surface area contributed by atoms with Crippen LogP contribution in [0.4, 0.5) is 0 Å². The van der Waals surface area contributed by atoms with Crippen LogP contribution in [0.5, 0.6) is 11.5 Å². The molecule has 168 valence electrons. The minimum absolute atomic E-state index is 0.108. The molecule has 1 unspecified atom stereocenters. The third-order valence-electron chi connectivity index (χ3n) is 6.27. The summed E-state index contributed by atoms with van der Waals surface area (Å²) in [7, 11) is 0. The van der Waals surface area contributed by atoms with Gasteiger partial charge in [0.25, 0.3) is 0 Å². The van der Waals surface area contributed by atoms with Crippen molar-refractivity contribution in [2.75, 3.05) is 6.61 Å². The minimum atomic E-state index is -0.969. The zero-order chi connectivity index (χ0) is 23.7. The van der Waals surface area contributed by atoms with E-state index in [0.717, 1.165) is 38.2 Å². The zero-order valence-electron chi connectivity index (χ0n) is 18.7. The molecule has 0 aliphatic heterocycles. The van der Waals surface area contributed by atoms with Gasteiger partial charge in [0.1, 0.15) is 0 Å². The van der Waals surface area contributed by atoms with Crippen LogP contribution in [-0.4, -0.2) is 22.8 Å². The molecular formula is C30H24O4. The van der Waals surface area contributed by atoms with Gasteiger partial charge in [-0.2, -0.15) is 0 Å². The molecule has 1 atom stereocenters. The first-order valence-electron chi connectivity index (χ1n) is 11.2. The molecule has 0 aromatic heterocycles. The molecule has 0 spiro atoms. The van der Waals surface area contributed by atoms with Crippen LogP contribution in [0.3, 0.4) is 0 Å². The Morgan fingerprint density at radius 1 is 0.765 bits per heavy atom. The smallest absolute Gasteiger partial charge is 0.335 e. The molecule has 5 aromatic rings. The van der Waals surface area contributed by atoms with Crippen LogP contribution in [0.15, 0.2) is 97.1 Å². The fraction of sp³-hybridized carbons (Fsp3) is 0.100. The van der Waals surface area contributed by atoms with E-state index >= 15 is 0 Å². The lowest BCUT2D eigenvalue weighted by Crippen LogP contribution is -2.13. The summed E-state index contributed by atoms with van der Waals surface area (Å²) in [6.45, 7) is 2.27. The lowest BCUT2D eigenvalue weighted by molar-refractivity contribution is 0.0696. The van der Waals surface area contributed by atoms with Gasteiger partial charge >= 0.3 is 5.97 Å². The predicted molar refractivity (Wildman–Crippen MR) is 135 cm³/mol.